The molecular formula is C14H27N3O3S. The van der Waals surface area contributed by atoms with Crippen molar-refractivity contribution >= 4 is 10.0 Å². The van der Waals surface area contributed by atoms with Crippen LogP contribution in [0.1, 0.15) is 38.6 Å². The van der Waals surface area contributed by atoms with E-state index in [0.29, 0.717) is 42.3 Å². The smallest absolute Gasteiger partial charge is 0.246 e. The molecule has 1 aromatic rings. The molecule has 0 spiro atoms. The number of aromatic nitrogens is 2. The number of rotatable bonds is 8. The standard InChI is InChI=1S/C14H27N3O3S/c1-6-16(10-11(2)3)21(19,20)14-12(4)15-17(13(14)5)8-7-9-18/h11,18H,6-10H2,1-5H3. The van der Waals surface area contributed by atoms with E-state index in [2.05, 4.69) is 5.10 Å². The summed E-state index contributed by atoms with van der Waals surface area (Å²) in [4.78, 5) is 0.308. The molecule has 0 radical (unpaired) electrons. The first-order chi connectivity index (χ1) is 9.75. The summed E-state index contributed by atoms with van der Waals surface area (Å²) in [5.41, 5.74) is 1.16. The average molecular weight is 317 g/mol. The first-order valence-corrected chi connectivity index (χ1v) is 8.84. The van der Waals surface area contributed by atoms with E-state index in [9.17, 15) is 8.42 Å². The average Bonchev–Trinajstić information content (AvgIpc) is 2.68. The molecule has 0 aromatic carbocycles. The number of sulfonamides is 1. The molecule has 0 saturated heterocycles. The quantitative estimate of drug-likeness (QED) is 0.789. The lowest BCUT2D eigenvalue weighted by Gasteiger charge is -2.22. The highest BCUT2D eigenvalue weighted by molar-refractivity contribution is 7.89. The maximum absolute atomic E-state index is 12.9. The minimum absolute atomic E-state index is 0.0644. The molecule has 6 nitrogen and oxygen atoms in total. The summed E-state index contributed by atoms with van der Waals surface area (Å²) in [7, 11) is -3.52. The fourth-order valence-electron chi connectivity index (χ4n) is 2.43. The van der Waals surface area contributed by atoms with Gasteiger partial charge in [0.15, 0.2) is 0 Å². The minimum atomic E-state index is -3.52. The molecule has 122 valence electrons. The van der Waals surface area contributed by atoms with Crippen molar-refractivity contribution in [3.05, 3.63) is 11.4 Å². The molecule has 0 aliphatic carbocycles. The first kappa shape index (κ1) is 18.1. The topological polar surface area (TPSA) is 75.4 Å². The van der Waals surface area contributed by atoms with Crippen molar-refractivity contribution in [3.63, 3.8) is 0 Å². The van der Waals surface area contributed by atoms with Gasteiger partial charge in [-0.25, -0.2) is 8.42 Å². The first-order valence-electron chi connectivity index (χ1n) is 7.40. The molecule has 0 fully saturated rings. The fourth-order valence-corrected chi connectivity index (χ4v) is 4.41. The van der Waals surface area contributed by atoms with Gasteiger partial charge in [-0.1, -0.05) is 20.8 Å². The van der Waals surface area contributed by atoms with Crippen molar-refractivity contribution in [3.8, 4) is 0 Å². The normalized spacial score (nSPS) is 12.6. The molecule has 0 saturated carbocycles. The molecule has 0 atom stereocenters. The molecule has 0 bridgehead atoms. The zero-order chi connectivity index (χ0) is 16.2. The molecule has 0 amide bonds. The number of nitrogens with zero attached hydrogens (tertiary/aromatic N) is 3. The van der Waals surface area contributed by atoms with Crippen molar-refractivity contribution in [1.82, 2.24) is 14.1 Å². The molecule has 1 aromatic heterocycles. The Labute approximate surface area is 127 Å². The summed E-state index contributed by atoms with van der Waals surface area (Å²) in [6.07, 6.45) is 0.560. The van der Waals surface area contributed by atoms with E-state index in [1.165, 1.54) is 4.31 Å². The van der Waals surface area contributed by atoms with Gasteiger partial charge in [0.05, 0.1) is 11.4 Å². The molecule has 1 N–H and O–H groups in total. The van der Waals surface area contributed by atoms with Gasteiger partial charge in [0, 0.05) is 26.2 Å². The van der Waals surface area contributed by atoms with Gasteiger partial charge >= 0.3 is 0 Å². The Morgan fingerprint density at radius 3 is 2.43 bits per heavy atom. The molecular weight excluding hydrogens is 290 g/mol. The van der Waals surface area contributed by atoms with Crippen LogP contribution in [0.15, 0.2) is 4.90 Å². The van der Waals surface area contributed by atoms with Crippen LogP contribution >= 0.6 is 0 Å². The van der Waals surface area contributed by atoms with E-state index < -0.39 is 10.0 Å². The monoisotopic (exact) mass is 317 g/mol. The lowest BCUT2D eigenvalue weighted by atomic mass is 10.2. The lowest BCUT2D eigenvalue weighted by Crippen LogP contribution is -2.34. The predicted molar refractivity (Wildman–Crippen MR) is 82.7 cm³/mol. The third kappa shape index (κ3) is 4.05. The van der Waals surface area contributed by atoms with E-state index in [1.54, 1.807) is 18.5 Å². The summed E-state index contributed by atoms with van der Waals surface area (Å²) in [6.45, 7) is 10.9. The Hall–Kier alpha value is -0.920. The molecule has 0 unspecified atom stereocenters. The highest BCUT2D eigenvalue weighted by Crippen LogP contribution is 2.24. The summed E-state index contributed by atoms with van der Waals surface area (Å²) < 4.78 is 28.9. The van der Waals surface area contributed by atoms with E-state index in [-0.39, 0.29) is 12.5 Å². The maximum atomic E-state index is 12.9. The molecule has 0 aliphatic rings. The van der Waals surface area contributed by atoms with Crippen LogP contribution in [-0.4, -0.2) is 47.3 Å². The van der Waals surface area contributed by atoms with E-state index >= 15 is 0 Å². The van der Waals surface area contributed by atoms with Gasteiger partial charge in [-0.05, 0) is 26.2 Å². The van der Waals surface area contributed by atoms with Crippen LogP contribution in [-0.2, 0) is 16.6 Å². The van der Waals surface area contributed by atoms with Crippen LogP contribution in [0, 0.1) is 19.8 Å². The third-order valence-electron chi connectivity index (χ3n) is 3.36. The van der Waals surface area contributed by atoms with E-state index in [1.807, 2.05) is 20.8 Å². The van der Waals surface area contributed by atoms with Crippen LogP contribution in [0.2, 0.25) is 0 Å². The second-order valence-corrected chi connectivity index (χ2v) is 7.52. The van der Waals surface area contributed by atoms with Gasteiger partial charge in [-0.3, -0.25) is 4.68 Å². The SMILES string of the molecule is CCN(CC(C)C)S(=O)(=O)c1c(C)nn(CCCO)c1C. The summed E-state index contributed by atoms with van der Waals surface area (Å²) >= 11 is 0. The zero-order valence-electron chi connectivity index (χ0n) is 13.6. The summed E-state index contributed by atoms with van der Waals surface area (Å²) in [5, 5.41) is 13.2. The Morgan fingerprint density at radius 1 is 1.33 bits per heavy atom. The predicted octanol–water partition coefficient (Wildman–Crippen LogP) is 1.55. The van der Waals surface area contributed by atoms with Crippen LogP contribution in [0.3, 0.4) is 0 Å². The van der Waals surface area contributed by atoms with Gasteiger partial charge in [-0.15, -0.1) is 0 Å². The van der Waals surface area contributed by atoms with Gasteiger partial charge < -0.3 is 5.11 Å². The van der Waals surface area contributed by atoms with Crippen LogP contribution < -0.4 is 0 Å². The number of hydrogen-bond acceptors (Lipinski definition) is 4. The van der Waals surface area contributed by atoms with Crippen molar-refractivity contribution in [1.29, 1.82) is 0 Å². The van der Waals surface area contributed by atoms with Crippen molar-refractivity contribution in [2.45, 2.75) is 52.5 Å². The molecule has 1 heterocycles. The third-order valence-corrected chi connectivity index (χ3v) is 5.56. The fraction of sp³-hybridized carbons (Fsp3) is 0.786. The number of aliphatic hydroxyl groups excluding tert-OH is 1. The molecule has 21 heavy (non-hydrogen) atoms. The van der Waals surface area contributed by atoms with E-state index in [4.69, 9.17) is 5.11 Å². The lowest BCUT2D eigenvalue weighted by molar-refractivity contribution is 0.276. The van der Waals surface area contributed by atoms with Crippen molar-refractivity contribution in [2.75, 3.05) is 19.7 Å². The Kier molecular flexibility index (Phi) is 6.37. The zero-order valence-corrected chi connectivity index (χ0v) is 14.4. The molecule has 7 heteroatoms. The van der Waals surface area contributed by atoms with Crippen molar-refractivity contribution < 1.29 is 13.5 Å². The number of hydrogen-bond donors (Lipinski definition) is 1. The highest BCUT2D eigenvalue weighted by Gasteiger charge is 2.30. The molecule has 1 rings (SSSR count). The summed E-state index contributed by atoms with van der Waals surface area (Å²) in [5.74, 6) is 0.268. The van der Waals surface area contributed by atoms with Gasteiger partial charge in [0.25, 0.3) is 0 Å². The van der Waals surface area contributed by atoms with Gasteiger partial charge in [-0.2, -0.15) is 9.40 Å². The number of aryl methyl sites for hydroxylation is 2. The largest absolute Gasteiger partial charge is 0.396 e. The van der Waals surface area contributed by atoms with Crippen molar-refractivity contribution in [2.24, 2.45) is 5.92 Å². The van der Waals surface area contributed by atoms with Crippen LogP contribution in [0.25, 0.3) is 0 Å². The second kappa shape index (κ2) is 7.38. The van der Waals surface area contributed by atoms with Gasteiger partial charge in [0.2, 0.25) is 10.0 Å². The minimum Gasteiger partial charge on any atom is -0.396 e. The maximum Gasteiger partial charge on any atom is 0.246 e. The Bertz CT molecular complexity index is 564. The Morgan fingerprint density at radius 2 is 1.95 bits per heavy atom. The van der Waals surface area contributed by atoms with E-state index in [0.717, 1.165) is 0 Å². The number of aliphatic hydroxyl groups is 1. The summed E-state index contributed by atoms with van der Waals surface area (Å²) in [6, 6.07) is 0. The van der Waals surface area contributed by atoms with Crippen LogP contribution in [0.5, 0.6) is 0 Å². The van der Waals surface area contributed by atoms with Crippen LogP contribution in [0.4, 0.5) is 0 Å². The molecule has 0 aliphatic heterocycles. The Balaban J connectivity index is 3.21. The second-order valence-electron chi connectivity index (χ2n) is 5.65. The van der Waals surface area contributed by atoms with Gasteiger partial charge in [0.1, 0.15) is 4.90 Å². The highest BCUT2D eigenvalue weighted by atomic mass is 32.2.